The van der Waals surface area contributed by atoms with Crippen molar-refractivity contribution in [2.75, 3.05) is 0 Å². The van der Waals surface area contributed by atoms with E-state index in [1.807, 2.05) is 0 Å². The quantitative estimate of drug-likeness (QED) is 0.553. The molecule has 0 spiro atoms. The predicted molar refractivity (Wildman–Crippen MR) is 42.5 cm³/mol. The van der Waals surface area contributed by atoms with Gasteiger partial charge in [-0.05, 0) is 0 Å². The van der Waals surface area contributed by atoms with Crippen LogP contribution in [0.3, 0.4) is 0 Å². The van der Waals surface area contributed by atoms with Gasteiger partial charge in [0.2, 0.25) is 11.7 Å². The summed E-state index contributed by atoms with van der Waals surface area (Å²) < 4.78 is 0. The summed E-state index contributed by atoms with van der Waals surface area (Å²) >= 11 is 0. The number of hydrazine groups is 1. The molecule has 1 rings (SSSR count). The molecule has 0 bridgehead atoms. The average molecular weight is 168 g/mol. The second-order valence-electron chi connectivity index (χ2n) is 2.26. The van der Waals surface area contributed by atoms with Crippen LogP contribution in [0.15, 0.2) is 10.2 Å². The van der Waals surface area contributed by atoms with E-state index in [1.54, 1.807) is 0 Å². The summed E-state index contributed by atoms with van der Waals surface area (Å²) in [5, 5.41) is 6.98. The molecule has 6 heteroatoms. The molecule has 2 N–H and O–H groups in total. The second kappa shape index (κ2) is 3.12. The zero-order chi connectivity index (χ0) is 9.14. The summed E-state index contributed by atoms with van der Waals surface area (Å²) in [6.45, 7) is 2.70. The van der Waals surface area contributed by atoms with E-state index in [0.717, 1.165) is 0 Å². The molecule has 0 aromatic heterocycles. The monoisotopic (exact) mass is 168 g/mol. The number of hydrogen-bond acceptors (Lipinski definition) is 6. The van der Waals surface area contributed by atoms with Crippen LogP contribution in [0, 0.1) is 0 Å². The molecule has 0 aromatic rings. The Hall–Kier alpha value is -1.72. The lowest BCUT2D eigenvalue weighted by molar-refractivity contribution is -0.112. The molecule has 0 aromatic carbocycles. The van der Waals surface area contributed by atoms with Crippen molar-refractivity contribution in [1.29, 1.82) is 0 Å². The fourth-order valence-corrected chi connectivity index (χ4v) is 0.585. The molecule has 12 heavy (non-hydrogen) atoms. The van der Waals surface area contributed by atoms with Crippen molar-refractivity contribution in [2.24, 2.45) is 10.2 Å². The van der Waals surface area contributed by atoms with Gasteiger partial charge < -0.3 is 0 Å². The Balaban J connectivity index is 2.80. The molecule has 0 aliphatic carbocycles. The van der Waals surface area contributed by atoms with Crippen molar-refractivity contribution in [2.45, 2.75) is 13.8 Å². The number of ketones is 2. The van der Waals surface area contributed by atoms with Crippen LogP contribution in [-0.2, 0) is 9.59 Å². The van der Waals surface area contributed by atoms with Gasteiger partial charge in [0, 0.05) is 13.8 Å². The Morgan fingerprint density at radius 1 is 1.00 bits per heavy atom. The Kier molecular flexibility index (Phi) is 2.18. The second-order valence-corrected chi connectivity index (χ2v) is 2.26. The summed E-state index contributed by atoms with van der Waals surface area (Å²) in [5.41, 5.74) is 4.90. The van der Waals surface area contributed by atoms with Crippen molar-refractivity contribution in [1.82, 2.24) is 10.9 Å². The lowest BCUT2D eigenvalue weighted by atomic mass is 10.4. The smallest absolute Gasteiger partial charge is 0.210 e. The third-order valence-electron chi connectivity index (χ3n) is 1.22. The van der Waals surface area contributed by atoms with Crippen LogP contribution in [0.2, 0.25) is 0 Å². The molecular formula is C6H8N4O2. The normalized spacial score (nSPS) is 15.2. The highest BCUT2D eigenvalue weighted by Gasteiger charge is 2.13. The maximum Gasteiger partial charge on any atom is 0.210 e. The topological polar surface area (TPSA) is 82.9 Å². The molecule has 0 saturated carbocycles. The van der Waals surface area contributed by atoms with Crippen LogP contribution in [0.4, 0.5) is 0 Å². The summed E-state index contributed by atoms with van der Waals surface area (Å²) in [5.74, 6) is -0.289. The standard InChI is InChI=1S/C6H8N4O2/c1-3(11)5-7-9-6(4(2)12)10-8-5/h1-2H3,(H,7,8)(H,9,10). The summed E-state index contributed by atoms with van der Waals surface area (Å²) in [7, 11) is 0. The molecule has 1 heterocycles. The first-order valence-corrected chi connectivity index (χ1v) is 3.31. The Bertz CT molecular complexity index is 262. The molecular weight excluding hydrogens is 160 g/mol. The highest BCUT2D eigenvalue weighted by molar-refractivity contribution is 6.42. The van der Waals surface area contributed by atoms with E-state index in [1.165, 1.54) is 13.8 Å². The van der Waals surface area contributed by atoms with Crippen LogP contribution in [-0.4, -0.2) is 23.2 Å². The molecule has 1 aliphatic heterocycles. The van der Waals surface area contributed by atoms with Crippen molar-refractivity contribution in [3.8, 4) is 0 Å². The van der Waals surface area contributed by atoms with Crippen LogP contribution in [0.5, 0.6) is 0 Å². The van der Waals surface area contributed by atoms with Gasteiger partial charge in [0.15, 0.2) is 11.6 Å². The SMILES string of the molecule is CC(=O)C1=NN=C(C(C)=O)NN1. The van der Waals surface area contributed by atoms with Gasteiger partial charge >= 0.3 is 0 Å². The molecule has 1 aliphatic rings. The van der Waals surface area contributed by atoms with Crippen LogP contribution in [0.1, 0.15) is 13.8 Å². The van der Waals surface area contributed by atoms with Gasteiger partial charge in [0.1, 0.15) is 0 Å². The van der Waals surface area contributed by atoms with Gasteiger partial charge in [-0.25, -0.2) is 0 Å². The number of carbonyl (C=O) groups is 2. The van der Waals surface area contributed by atoms with E-state index >= 15 is 0 Å². The molecule has 0 radical (unpaired) electrons. The van der Waals surface area contributed by atoms with E-state index in [4.69, 9.17) is 0 Å². The van der Waals surface area contributed by atoms with Crippen LogP contribution >= 0.6 is 0 Å². The average Bonchev–Trinajstić information content (AvgIpc) is 2.04. The third-order valence-corrected chi connectivity index (χ3v) is 1.22. The summed E-state index contributed by atoms with van der Waals surface area (Å²) in [4.78, 5) is 21.4. The van der Waals surface area contributed by atoms with Crippen molar-refractivity contribution in [3.63, 3.8) is 0 Å². The summed E-state index contributed by atoms with van der Waals surface area (Å²) in [6.07, 6.45) is 0. The van der Waals surface area contributed by atoms with Gasteiger partial charge in [0.05, 0.1) is 0 Å². The zero-order valence-corrected chi connectivity index (χ0v) is 6.71. The number of carbonyl (C=O) groups excluding carboxylic acids is 2. The number of Topliss-reactive ketones (excluding diaryl/α,β-unsaturated/α-hetero) is 2. The Morgan fingerprint density at radius 3 is 1.50 bits per heavy atom. The molecule has 0 fully saturated rings. The van der Waals surface area contributed by atoms with Crippen molar-refractivity contribution < 1.29 is 9.59 Å². The first-order chi connectivity index (χ1) is 5.61. The number of rotatable bonds is 2. The molecule has 64 valence electrons. The van der Waals surface area contributed by atoms with E-state index < -0.39 is 0 Å². The van der Waals surface area contributed by atoms with Gasteiger partial charge in [-0.3, -0.25) is 20.4 Å². The number of amidine groups is 2. The van der Waals surface area contributed by atoms with E-state index in [0.29, 0.717) is 0 Å². The van der Waals surface area contributed by atoms with Crippen molar-refractivity contribution in [3.05, 3.63) is 0 Å². The molecule has 0 unspecified atom stereocenters. The number of nitrogens with one attached hydrogen (secondary N) is 2. The van der Waals surface area contributed by atoms with Gasteiger partial charge in [-0.1, -0.05) is 0 Å². The fourth-order valence-electron chi connectivity index (χ4n) is 0.585. The minimum Gasteiger partial charge on any atom is -0.291 e. The number of hydrogen-bond donors (Lipinski definition) is 2. The van der Waals surface area contributed by atoms with Crippen molar-refractivity contribution >= 4 is 23.2 Å². The zero-order valence-electron chi connectivity index (χ0n) is 6.71. The lowest BCUT2D eigenvalue weighted by Crippen LogP contribution is -2.48. The largest absolute Gasteiger partial charge is 0.291 e. The predicted octanol–water partition coefficient (Wildman–Crippen LogP) is -1.02. The third kappa shape index (κ3) is 1.66. The van der Waals surface area contributed by atoms with Gasteiger partial charge in [0.25, 0.3) is 0 Å². The maximum atomic E-state index is 10.7. The maximum absolute atomic E-state index is 10.7. The fraction of sp³-hybridized carbons (Fsp3) is 0.333. The Labute approximate surface area is 68.7 Å². The highest BCUT2D eigenvalue weighted by Crippen LogP contribution is 1.87. The first kappa shape index (κ1) is 8.38. The Morgan fingerprint density at radius 2 is 1.33 bits per heavy atom. The highest BCUT2D eigenvalue weighted by atomic mass is 16.1. The van der Waals surface area contributed by atoms with Gasteiger partial charge in [-0.15, -0.1) is 10.2 Å². The first-order valence-electron chi connectivity index (χ1n) is 3.31. The van der Waals surface area contributed by atoms with E-state index in [2.05, 4.69) is 21.1 Å². The van der Waals surface area contributed by atoms with Gasteiger partial charge in [-0.2, -0.15) is 0 Å². The molecule has 0 atom stereocenters. The molecule has 0 saturated heterocycles. The molecule has 6 nitrogen and oxygen atoms in total. The number of nitrogens with zero attached hydrogens (tertiary/aromatic N) is 2. The van der Waals surface area contributed by atoms with E-state index in [-0.39, 0.29) is 23.2 Å². The van der Waals surface area contributed by atoms with Crippen LogP contribution < -0.4 is 10.9 Å². The van der Waals surface area contributed by atoms with Crippen LogP contribution in [0.25, 0.3) is 0 Å². The minimum absolute atomic E-state index is 0.0972. The van der Waals surface area contributed by atoms with E-state index in [9.17, 15) is 9.59 Å². The summed E-state index contributed by atoms with van der Waals surface area (Å²) in [6, 6.07) is 0. The molecule has 0 amide bonds. The minimum atomic E-state index is -0.242. The lowest BCUT2D eigenvalue weighted by Gasteiger charge is -2.12.